The minimum Gasteiger partial charge on any atom is -0.312 e. The van der Waals surface area contributed by atoms with Crippen molar-refractivity contribution in [3.05, 3.63) is 0 Å². The molecule has 6 nitrogen and oxygen atoms in total. The normalized spacial score (nSPS) is 15.5. The monoisotopic (exact) mass is 346 g/mol. The first kappa shape index (κ1) is 25.9. The molecule has 0 radical (unpaired) electrons. The van der Waals surface area contributed by atoms with E-state index < -0.39 is 15.2 Å². The molecule has 2 atom stereocenters. The van der Waals surface area contributed by atoms with Gasteiger partial charge >= 0.3 is 15.2 Å². The molecule has 8 heteroatoms. The Labute approximate surface area is 130 Å². The maximum Gasteiger partial charge on any atom is 0.337 e. The standard InChI is InChI=1S/C8H20O5P2.C4H10.CH2O/c1-5-7-14(9,11-3)13-15(10,12-4)8-6-2;1-3-4-2;1-2/h5-8H2,1-4H3;3-4H2,1-2H3;1H2. The summed E-state index contributed by atoms with van der Waals surface area (Å²) in [5, 5.41) is 0. The van der Waals surface area contributed by atoms with Crippen LogP contribution in [0.5, 0.6) is 0 Å². The van der Waals surface area contributed by atoms with Gasteiger partial charge in [0, 0.05) is 14.2 Å². The molecule has 2 unspecified atom stereocenters. The molecular weight excluding hydrogens is 314 g/mol. The van der Waals surface area contributed by atoms with E-state index in [1.807, 2.05) is 20.6 Å². The predicted molar refractivity (Wildman–Crippen MR) is 88.3 cm³/mol. The van der Waals surface area contributed by atoms with Gasteiger partial charge in [0.1, 0.15) is 6.79 Å². The summed E-state index contributed by atoms with van der Waals surface area (Å²) in [7, 11) is -3.92. The number of rotatable bonds is 9. The first-order valence-electron chi connectivity index (χ1n) is 7.16. The summed E-state index contributed by atoms with van der Waals surface area (Å²) in [5.41, 5.74) is 0. The summed E-state index contributed by atoms with van der Waals surface area (Å²) < 4.78 is 38.5. The van der Waals surface area contributed by atoms with Gasteiger partial charge in [-0.25, -0.2) is 4.31 Å². The Bertz CT molecular complexity index is 281. The Morgan fingerprint density at radius 2 is 1.00 bits per heavy atom. The Morgan fingerprint density at radius 1 is 0.714 bits per heavy atom. The van der Waals surface area contributed by atoms with Crippen LogP contribution >= 0.6 is 15.2 Å². The van der Waals surface area contributed by atoms with Crippen LogP contribution in [0.25, 0.3) is 0 Å². The summed E-state index contributed by atoms with van der Waals surface area (Å²) in [4.78, 5) is 8.00. The van der Waals surface area contributed by atoms with Crippen LogP contribution in [0.15, 0.2) is 0 Å². The maximum absolute atomic E-state index is 11.9. The molecule has 0 aromatic carbocycles. The zero-order chi connectivity index (χ0) is 17.4. The van der Waals surface area contributed by atoms with Gasteiger partial charge in [-0.05, 0) is 12.8 Å². The Morgan fingerprint density at radius 3 is 1.14 bits per heavy atom. The molecule has 0 aliphatic rings. The van der Waals surface area contributed by atoms with Crippen molar-refractivity contribution in [3.8, 4) is 0 Å². The van der Waals surface area contributed by atoms with Crippen LogP contribution in [0.4, 0.5) is 0 Å². The average molecular weight is 346 g/mol. The second kappa shape index (κ2) is 16.4. The number of hydrogen-bond donors (Lipinski definition) is 0. The Kier molecular flexibility index (Phi) is 20.2. The summed E-state index contributed by atoms with van der Waals surface area (Å²) in [6.07, 6.45) is 4.42. The van der Waals surface area contributed by atoms with Gasteiger partial charge in [0.25, 0.3) is 0 Å². The van der Waals surface area contributed by atoms with E-state index in [-0.39, 0.29) is 12.3 Å². The molecule has 0 saturated heterocycles. The predicted octanol–water partition coefficient (Wildman–Crippen LogP) is 5.12. The molecule has 0 aromatic heterocycles. The molecule has 0 aliphatic heterocycles. The summed E-state index contributed by atoms with van der Waals surface area (Å²) in [5.74, 6) is 0. The Balaban J connectivity index is -0.000000461. The minimum absolute atomic E-state index is 0.251. The summed E-state index contributed by atoms with van der Waals surface area (Å²) in [6, 6.07) is 0. The number of hydrogen-bond acceptors (Lipinski definition) is 6. The Hall–Kier alpha value is 0.01000. The molecule has 0 saturated carbocycles. The van der Waals surface area contributed by atoms with Crippen molar-refractivity contribution in [1.29, 1.82) is 0 Å². The quantitative estimate of drug-likeness (QED) is 0.539. The lowest BCUT2D eigenvalue weighted by atomic mass is 10.4. The number of unbranched alkanes of at least 4 members (excludes halogenated alkanes) is 1. The van der Waals surface area contributed by atoms with E-state index in [0.29, 0.717) is 12.8 Å². The molecule has 0 aromatic rings. The molecule has 0 amide bonds. The highest BCUT2D eigenvalue weighted by Crippen LogP contribution is 2.64. The van der Waals surface area contributed by atoms with Crippen molar-refractivity contribution in [2.24, 2.45) is 0 Å². The minimum atomic E-state index is -3.26. The molecule has 0 spiro atoms. The van der Waals surface area contributed by atoms with Crippen molar-refractivity contribution < 1.29 is 27.3 Å². The molecular formula is C13H32O6P2. The molecule has 0 N–H and O–H groups in total. The third-order valence-electron chi connectivity index (χ3n) is 2.30. The largest absolute Gasteiger partial charge is 0.337 e. The average Bonchev–Trinajstić information content (AvgIpc) is 2.50. The third kappa shape index (κ3) is 14.7. The smallest absolute Gasteiger partial charge is 0.312 e. The van der Waals surface area contributed by atoms with Gasteiger partial charge in [-0.15, -0.1) is 0 Å². The molecule has 0 rings (SSSR count). The molecule has 130 valence electrons. The van der Waals surface area contributed by atoms with E-state index in [2.05, 4.69) is 13.8 Å². The van der Waals surface area contributed by atoms with Crippen molar-refractivity contribution in [2.75, 3.05) is 26.5 Å². The molecule has 0 bridgehead atoms. The highest BCUT2D eigenvalue weighted by atomic mass is 31.3. The lowest BCUT2D eigenvalue weighted by Gasteiger charge is -2.21. The van der Waals surface area contributed by atoms with Crippen molar-refractivity contribution >= 4 is 22.0 Å². The van der Waals surface area contributed by atoms with E-state index in [1.165, 1.54) is 27.1 Å². The van der Waals surface area contributed by atoms with Crippen molar-refractivity contribution in [2.45, 2.75) is 53.4 Å². The van der Waals surface area contributed by atoms with Crippen molar-refractivity contribution in [1.82, 2.24) is 0 Å². The second-order valence-corrected chi connectivity index (χ2v) is 8.84. The fraction of sp³-hybridized carbons (Fsp3) is 0.923. The first-order chi connectivity index (χ1) is 9.86. The van der Waals surface area contributed by atoms with Crippen molar-refractivity contribution in [3.63, 3.8) is 0 Å². The van der Waals surface area contributed by atoms with Crippen LogP contribution in [0.2, 0.25) is 0 Å². The van der Waals surface area contributed by atoms with Crippen LogP contribution < -0.4 is 0 Å². The molecule has 0 fully saturated rings. The van der Waals surface area contributed by atoms with Gasteiger partial charge in [0.05, 0.1) is 12.3 Å². The van der Waals surface area contributed by atoms with Gasteiger partial charge in [0.2, 0.25) is 0 Å². The van der Waals surface area contributed by atoms with Gasteiger partial charge in [-0.3, -0.25) is 9.13 Å². The van der Waals surface area contributed by atoms with Crippen LogP contribution in [-0.2, 0) is 27.3 Å². The van der Waals surface area contributed by atoms with Crippen LogP contribution in [0.3, 0.4) is 0 Å². The van der Waals surface area contributed by atoms with E-state index in [1.54, 1.807) is 0 Å². The first-order valence-corrected chi connectivity index (χ1v) is 10.6. The third-order valence-corrected chi connectivity index (χ3v) is 7.39. The van der Waals surface area contributed by atoms with Gasteiger partial charge in [0.15, 0.2) is 0 Å². The van der Waals surface area contributed by atoms with Gasteiger partial charge in [-0.1, -0.05) is 40.5 Å². The van der Waals surface area contributed by atoms with E-state index in [0.717, 1.165) is 0 Å². The van der Waals surface area contributed by atoms with Crippen LogP contribution in [0.1, 0.15) is 53.4 Å². The van der Waals surface area contributed by atoms with E-state index >= 15 is 0 Å². The van der Waals surface area contributed by atoms with Gasteiger partial charge in [-0.2, -0.15) is 0 Å². The highest BCUT2D eigenvalue weighted by Gasteiger charge is 2.34. The fourth-order valence-corrected chi connectivity index (χ4v) is 5.23. The SMILES string of the molecule is C=O.CCCC.CCCP(=O)(OC)OP(=O)(CCC)OC. The summed E-state index contributed by atoms with van der Waals surface area (Å²) in [6.45, 7) is 10.1. The van der Waals surface area contributed by atoms with Crippen LogP contribution in [0, 0.1) is 0 Å². The highest BCUT2D eigenvalue weighted by molar-refractivity contribution is 7.67. The van der Waals surface area contributed by atoms with E-state index in [9.17, 15) is 9.13 Å². The number of carbonyl (C=O) groups is 1. The topological polar surface area (TPSA) is 78.9 Å². The lowest BCUT2D eigenvalue weighted by molar-refractivity contribution is -0.0980. The molecule has 0 aliphatic carbocycles. The number of carbonyl (C=O) groups excluding carboxylic acids is 1. The van der Waals surface area contributed by atoms with Gasteiger partial charge < -0.3 is 13.8 Å². The molecule has 0 heterocycles. The molecule has 21 heavy (non-hydrogen) atoms. The fourth-order valence-electron chi connectivity index (χ4n) is 1.07. The van der Waals surface area contributed by atoms with E-state index in [4.69, 9.17) is 18.2 Å². The zero-order valence-electron chi connectivity index (χ0n) is 14.3. The lowest BCUT2D eigenvalue weighted by Crippen LogP contribution is -2.00. The zero-order valence-corrected chi connectivity index (χ0v) is 16.1. The maximum atomic E-state index is 11.9. The van der Waals surface area contributed by atoms with Crippen LogP contribution in [-0.4, -0.2) is 33.3 Å². The summed E-state index contributed by atoms with van der Waals surface area (Å²) >= 11 is 0. The second-order valence-electron chi connectivity index (χ2n) is 4.12.